The van der Waals surface area contributed by atoms with Gasteiger partial charge in [-0.2, -0.15) is 0 Å². The SMILES string of the molecule is CCCC[C@H](Oc1cccnc1OCC)[C@@H]1CNCCO1. The van der Waals surface area contributed by atoms with Gasteiger partial charge in [-0.05, 0) is 31.9 Å². The molecule has 0 spiro atoms. The molecular formula is C16H26N2O3. The number of hydrogen-bond donors (Lipinski definition) is 1. The van der Waals surface area contributed by atoms with E-state index in [0.717, 1.165) is 39.0 Å². The highest BCUT2D eigenvalue weighted by Gasteiger charge is 2.26. The van der Waals surface area contributed by atoms with Crippen molar-refractivity contribution in [1.29, 1.82) is 0 Å². The Kier molecular flexibility index (Phi) is 6.76. The molecule has 1 aliphatic heterocycles. The van der Waals surface area contributed by atoms with Gasteiger partial charge in [-0.15, -0.1) is 0 Å². The molecule has 2 rings (SSSR count). The maximum Gasteiger partial charge on any atom is 0.256 e. The van der Waals surface area contributed by atoms with Crippen LogP contribution in [0.25, 0.3) is 0 Å². The van der Waals surface area contributed by atoms with Crippen molar-refractivity contribution in [3.05, 3.63) is 18.3 Å². The molecule has 1 N–H and O–H groups in total. The normalized spacial score (nSPS) is 20.0. The molecule has 118 valence electrons. The molecule has 1 aromatic rings. The largest absolute Gasteiger partial charge is 0.482 e. The zero-order chi connectivity index (χ0) is 14.9. The van der Waals surface area contributed by atoms with Crippen LogP contribution in [-0.2, 0) is 4.74 Å². The van der Waals surface area contributed by atoms with Gasteiger partial charge < -0.3 is 19.5 Å². The predicted octanol–water partition coefficient (Wildman–Crippen LogP) is 2.41. The van der Waals surface area contributed by atoms with Crippen LogP contribution in [0.5, 0.6) is 11.6 Å². The number of aromatic nitrogens is 1. The van der Waals surface area contributed by atoms with Crippen molar-refractivity contribution >= 4 is 0 Å². The van der Waals surface area contributed by atoms with Crippen molar-refractivity contribution in [2.75, 3.05) is 26.3 Å². The Labute approximate surface area is 127 Å². The summed E-state index contributed by atoms with van der Waals surface area (Å²) in [5.41, 5.74) is 0. The minimum Gasteiger partial charge on any atom is -0.482 e. The number of hydrogen-bond acceptors (Lipinski definition) is 5. The van der Waals surface area contributed by atoms with Crippen molar-refractivity contribution in [1.82, 2.24) is 10.3 Å². The molecule has 1 saturated heterocycles. The second-order valence-corrected chi connectivity index (χ2v) is 5.15. The van der Waals surface area contributed by atoms with Crippen LogP contribution in [0.4, 0.5) is 0 Å². The van der Waals surface area contributed by atoms with Crippen LogP contribution in [0.15, 0.2) is 18.3 Å². The third-order valence-electron chi connectivity index (χ3n) is 3.51. The maximum absolute atomic E-state index is 6.19. The molecule has 5 nitrogen and oxygen atoms in total. The molecule has 0 aromatic carbocycles. The summed E-state index contributed by atoms with van der Waals surface area (Å²) < 4.78 is 17.6. The molecule has 0 radical (unpaired) electrons. The Bertz CT molecular complexity index is 408. The van der Waals surface area contributed by atoms with E-state index in [1.807, 2.05) is 19.1 Å². The van der Waals surface area contributed by atoms with Crippen LogP contribution >= 0.6 is 0 Å². The van der Waals surface area contributed by atoms with Crippen molar-refractivity contribution in [3.63, 3.8) is 0 Å². The Balaban J connectivity index is 2.06. The fourth-order valence-electron chi connectivity index (χ4n) is 2.42. The predicted molar refractivity (Wildman–Crippen MR) is 82.0 cm³/mol. The first kappa shape index (κ1) is 16.0. The average Bonchev–Trinajstić information content (AvgIpc) is 2.54. The molecule has 0 saturated carbocycles. The summed E-state index contributed by atoms with van der Waals surface area (Å²) in [7, 11) is 0. The van der Waals surface area contributed by atoms with E-state index < -0.39 is 0 Å². The van der Waals surface area contributed by atoms with Gasteiger partial charge in [-0.3, -0.25) is 0 Å². The van der Waals surface area contributed by atoms with Crippen molar-refractivity contribution in [2.24, 2.45) is 0 Å². The Morgan fingerprint density at radius 2 is 2.38 bits per heavy atom. The Morgan fingerprint density at radius 1 is 1.48 bits per heavy atom. The lowest BCUT2D eigenvalue weighted by atomic mass is 10.1. The third kappa shape index (κ3) is 4.86. The number of pyridine rings is 1. The molecule has 1 aliphatic rings. The highest BCUT2D eigenvalue weighted by atomic mass is 16.6. The van der Waals surface area contributed by atoms with Gasteiger partial charge in [-0.1, -0.05) is 13.3 Å². The van der Waals surface area contributed by atoms with Gasteiger partial charge in [-0.25, -0.2) is 4.98 Å². The van der Waals surface area contributed by atoms with Crippen LogP contribution in [0, 0.1) is 0 Å². The van der Waals surface area contributed by atoms with Gasteiger partial charge in [0.15, 0.2) is 5.75 Å². The molecule has 1 fully saturated rings. The minimum absolute atomic E-state index is 0.0288. The highest BCUT2D eigenvalue weighted by molar-refractivity contribution is 5.32. The summed E-state index contributed by atoms with van der Waals surface area (Å²) in [6.07, 6.45) is 5.07. The topological polar surface area (TPSA) is 52.6 Å². The van der Waals surface area contributed by atoms with Gasteiger partial charge in [0.05, 0.1) is 13.2 Å². The molecule has 5 heteroatoms. The number of rotatable bonds is 8. The summed E-state index contributed by atoms with van der Waals surface area (Å²) in [6.45, 7) is 7.19. The van der Waals surface area contributed by atoms with E-state index in [1.54, 1.807) is 6.20 Å². The molecule has 0 bridgehead atoms. The van der Waals surface area contributed by atoms with Crippen molar-refractivity contribution in [2.45, 2.75) is 45.3 Å². The standard InChI is InChI=1S/C16H26N2O3/c1-3-5-7-13(15-12-17-10-11-20-15)21-14-8-6-9-18-16(14)19-4-2/h6,8-9,13,15,17H,3-5,7,10-12H2,1-2H3/t13-,15-/m0/s1. The quantitative estimate of drug-likeness (QED) is 0.798. The number of nitrogens with zero attached hydrogens (tertiary/aromatic N) is 1. The summed E-state index contributed by atoms with van der Waals surface area (Å²) in [5, 5.41) is 3.37. The Morgan fingerprint density at radius 3 is 3.10 bits per heavy atom. The second-order valence-electron chi connectivity index (χ2n) is 5.15. The third-order valence-corrected chi connectivity index (χ3v) is 3.51. The van der Waals surface area contributed by atoms with Gasteiger partial charge in [0.1, 0.15) is 12.2 Å². The van der Waals surface area contributed by atoms with E-state index in [9.17, 15) is 0 Å². The molecule has 2 atom stereocenters. The van der Waals surface area contributed by atoms with E-state index in [0.29, 0.717) is 18.2 Å². The van der Waals surface area contributed by atoms with Crippen molar-refractivity contribution < 1.29 is 14.2 Å². The summed E-state index contributed by atoms with van der Waals surface area (Å²) in [5.74, 6) is 1.26. The highest BCUT2D eigenvalue weighted by Crippen LogP contribution is 2.27. The van der Waals surface area contributed by atoms with Crippen LogP contribution in [0.2, 0.25) is 0 Å². The fraction of sp³-hybridized carbons (Fsp3) is 0.688. The van der Waals surface area contributed by atoms with Crippen LogP contribution in [0.1, 0.15) is 33.1 Å². The number of unbranched alkanes of at least 4 members (excludes halogenated alkanes) is 1. The van der Waals surface area contributed by atoms with Crippen molar-refractivity contribution in [3.8, 4) is 11.6 Å². The zero-order valence-corrected chi connectivity index (χ0v) is 13.0. The average molecular weight is 294 g/mol. The van der Waals surface area contributed by atoms with E-state index in [1.165, 1.54) is 0 Å². The lowest BCUT2D eigenvalue weighted by Crippen LogP contribution is -2.47. The van der Waals surface area contributed by atoms with Gasteiger partial charge in [0.25, 0.3) is 5.88 Å². The van der Waals surface area contributed by atoms with Gasteiger partial charge in [0.2, 0.25) is 0 Å². The molecule has 0 unspecified atom stereocenters. The Hall–Kier alpha value is -1.33. The molecule has 0 aliphatic carbocycles. The monoisotopic (exact) mass is 294 g/mol. The molecule has 2 heterocycles. The zero-order valence-electron chi connectivity index (χ0n) is 13.0. The first-order valence-corrected chi connectivity index (χ1v) is 7.92. The smallest absolute Gasteiger partial charge is 0.256 e. The summed E-state index contributed by atoms with van der Waals surface area (Å²) in [4.78, 5) is 4.24. The van der Waals surface area contributed by atoms with Gasteiger partial charge >= 0.3 is 0 Å². The number of nitrogens with one attached hydrogen (secondary N) is 1. The lowest BCUT2D eigenvalue weighted by molar-refractivity contribution is -0.0458. The number of morpholine rings is 1. The molecular weight excluding hydrogens is 268 g/mol. The molecule has 21 heavy (non-hydrogen) atoms. The van der Waals surface area contributed by atoms with E-state index in [-0.39, 0.29) is 12.2 Å². The summed E-state index contributed by atoms with van der Waals surface area (Å²) >= 11 is 0. The van der Waals surface area contributed by atoms with Crippen LogP contribution in [0.3, 0.4) is 0 Å². The van der Waals surface area contributed by atoms with E-state index in [2.05, 4.69) is 17.2 Å². The second kappa shape index (κ2) is 8.85. The van der Waals surface area contributed by atoms with Gasteiger partial charge in [0, 0.05) is 19.3 Å². The molecule has 0 amide bonds. The van der Waals surface area contributed by atoms with E-state index >= 15 is 0 Å². The lowest BCUT2D eigenvalue weighted by Gasteiger charge is -2.31. The van der Waals surface area contributed by atoms with Crippen LogP contribution < -0.4 is 14.8 Å². The first-order valence-electron chi connectivity index (χ1n) is 7.92. The fourth-order valence-corrected chi connectivity index (χ4v) is 2.42. The van der Waals surface area contributed by atoms with Crippen LogP contribution in [-0.4, -0.2) is 43.5 Å². The van der Waals surface area contributed by atoms with E-state index in [4.69, 9.17) is 14.2 Å². The minimum atomic E-state index is 0.0288. The summed E-state index contributed by atoms with van der Waals surface area (Å²) in [6, 6.07) is 3.78. The first-order chi connectivity index (χ1) is 10.3. The molecule has 1 aromatic heterocycles. The number of ether oxygens (including phenoxy) is 3. The maximum atomic E-state index is 6.19.